The molecule has 0 saturated heterocycles. The molecule has 0 atom stereocenters. The van der Waals surface area contributed by atoms with Gasteiger partial charge in [-0.15, -0.1) is 19.0 Å². The summed E-state index contributed by atoms with van der Waals surface area (Å²) in [5.41, 5.74) is 0. The molecule has 0 saturated carbocycles. The Hall–Kier alpha value is -0.500. The van der Waals surface area contributed by atoms with Crippen LogP contribution in [-0.2, 0) is 4.74 Å². The van der Waals surface area contributed by atoms with E-state index in [1.807, 2.05) is 0 Å². The van der Waals surface area contributed by atoms with E-state index in [0.29, 0.717) is 12.3 Å². The van der Waals surface area contributed by atoms with Gasteiger partial charge in [-0.05, 0) is 6.42 Å². The summed E-state index contributed by atoms with van der Waals surface area (Å²) >= 11 is 0. The first-order chi connectivity index (χ1) is 3.81. The van der Waals surface area contributed by atoms with Crippen molar-refractivity contribution in [2.24, 2.45) is 0 Å². The monoisotopic (exact) mass is 149 g/mol. The lowest BCUT2D eigenvalue weighted by Crippen LogP contribution is -1.96. The Morgan fingerprint density at radius 2 is 2.33 bits per heavy atom. The van der Waals surface area contributed by atoms with E-state index in [1.165, 1.54) is 7.11 Å². The third-order valence-electron chi connectivity index (χ3n) is 0.822. The van der Waals surface area contributed by atoms with Gasteiger partial charge in [0.05, 0.1) is 7.11 Å². The number of allylic oxidation sites excluding steroid dienone is 1. The van der Waals surface area contributed by atoms with Gasteiger partial charge >= 0.3 is 0 Å². The first-order valence-corrected chi connectivity index (χ1v) is 2.53. The van der Waals surface area contributed by atoms with Gasteiger partial charge in [-0.25, -0.2) is 0 Å². The van der Waals surface area contributed by atoms with Crippen LogP contribution in [0, 0.1) is 5.41 Å². The molecule has 0 fully saturated rings. The lowest BCUT2D eigenvalue weighted by molar-refractivity contribution is 0.386. The molecular formula is C6H12ClNO. The highest BCUT2D eigenvalue weighted by Crippen LogP contribution is 1.90. The minimum atomic E-state index is 0. The van der Waals surface area contributed by atoms with Gasteiger partial charge in [0.25, 0.3) is 0 Å². The van der Waals surface area contributed by atoms with Crippen molar-refractivity contribution in [2.75, 3.05) is 7.11 Å². The average Bonchev–Trinajstić information content (AvgIpc) is 1.83. The highest BCUT2D eigenvalue weighted by Gasteiger charge is 1.88. The highest BCUT2D eigenvalue weighted by molar-refractivity contribution is 5.85. The minimum Gasteiger partial charge on any atom is -0.484 e. The lowest BCUT2D eigenvalue weighted by atomic mass is 10.3. The maximum Gasteiger partial charge on any atom is 0.180 e. The summed E-state index contributed by atoms with van der Waals surface area (Å²) in [5, 5.41) is 6.97. The molecule has 0 aromatic heterocycles. The standard InChI is InChI=1S/C6H11NO.ClH/c1-3-4-5-6(7)8-2;/h3,7H,1,4-5H2,2H3;1H. The molecule has 3 heteroatoms. The number of hydrogen-bond acceptors (Lipinski definition) is 2. The van der Waals surface area contributed by atoms with Crippen LogP contribution in [0.2, 0.25) is 0 Å². The lowest BCUT2D eigenvalue weighted by Gasteiger charge is -1.96. The molecule has 0 aromatic carbocycles. The zero-order valence-corrected chi connectivity index (χ0v) is 6.33. The number of hydrogen-bond donors (Lipinski definition) is 1. The van der Waals surface area contributed by atoms with Gasteiger partial charge in [0.2, 0.25) is 0 Å². The molecule has 0 aliphatic rings. The van der Waals surface area contributed by atoms with Crippen LogP contribution in [0.3, 0.4) is 0 Å². The third kappa shape index (κ3) is 7.50. The molecule has 0 aliphatic carbocycles. The van der Waals surface area contributed by atoms with Crippen molar-refractivity contribution in [1.29, 1.82) is 5.41 Å². The van der Waals surface area contributed by atoms with E-state index in [4.69, 9.17) is 5.41 Å². The third-order valence-corrected chi connectivity index (χ3v) is 0.822. The van der Waals surface area contributed by atoms with Crippen molar-refractivity contribution >= 4 is 18.3 Å². The first kappa shape index (κ1) is 11.3. The predicted octanol–water partition coefficient (Wildman–Crippen LogP) is 2.00. The molecule has 0 aliphatic heterocycles. The van der Waals surface area contributed by atoms with Gasteiger partial charge in [0.15, 0.2) is 5.90 Å². The van der Waals surface area contributed by atoms with Crippen molar-refractivity contribution in [2.45, 2.75) is 12.8 Å². The second-order valence-corrected chi connectivity index (χ2v) is 1.45. The fourth-order valence-electron chi connectivity index (χ4n) is 0.335. The van der Waals surface area contributed by atoms with Gasteiger partial charge in [-0.2, -0.15) is 0 Å². The Labute approximate surface area is 61.8 Å². The van der Waals surface area contributed by atoms with Gasteiger partial charge in [0, 0.05) is 6.42 Å². The highest BCUT2D eigenvalue weighted by atomic mass is 35.5. The molecule has 54 valence electrons. The van der Waals surface area contributed by atoms with Gasteiger partial charge in [0.1, 0.15) is 0 Å². The van der Waals surface area contributed by atoms with Gasteiger partial charge < -0.3 is 4.74 Å². The predicted molar refractivity (Wildman–Crippen MR) is 41.4 cm³/mol. The van der Waals surface area contributed by atoms with E-state index in [2.05, 4.69) is 11.3 Å². The normalized spacial score (nSPS) is 7.22. The zero-order chi connectivity index (χ0) is 6.41. The number of methoxy groups -OCH3 is 1. The summed E-state index contributed by atoms with van der Waals surface area (Å²) in [6, 6.07) is 0. The van der Waals surface area contributed by atoms with Crippen LogP contribution >= 0.6 is 12.4 Å². The van der Waals surface area contributed by atoms with Crippen LogP contribution in [-0.4, -0.2) is 13.0 Å². The topological polar surface area (TPSA) is 33.1 Å². The van der Waals surface area contributed by atoms with E-state index in [0.717, 1.165) is 6.42 Å². The largest absolute Gasteiger partial charge is 0.484 e. The SMILES string of the molecule is C=CCCC(=N)OC.Cl. The fourth-order valence-corrected chi connectivity index (χ4v) is 0.335. The van der Waals surface area contributed by atoms with Crippen molar-refractivity contribution in [3.8, 4) is 0 Å². The minimum absolute atomic E-state index is 0. The number of nitrogens with one attached hydrogen (secondary N) is 1. The fraction of sp³-hybridized carbons (Fsp3) is 0.500. The van der Waals surface area contributed by atoms with Crippen molar-refractivity contribution < 1.29 is 4.74 Å². The van der Waals surface area contributed by atoms with Crippen LogP contribution in [0.25, 0.3) is 0 Å². The van der Waals surface area contributed by atoms with Crippen molar-refractivity contribution in [3.63, 3.8) is 0 Å². The molecule has 0 aromatic rings. The molecule has 9 heavy (non-hydrogen) atoms. The van der Waals surface area contributed by atoms with E-state index in [1.54, 1.807) is 6.08 Å². The molecule has 0 unspecified atom stereocenters. The molecule has 1 N–H and O–H groups in total. The second kappa shape index (κ2) is 7.50. The molecule has 0 bridgehead atoms. The van der Waals surface area contributed by atoms with Crippen molar-refractivity contribution in [3.05, 3.63) is 12.7 Å². The van der Waals surface area contributed by atoms with E-state index in [-0.39, 0.29) is 12.4 Å². The number of ether oxygens (including phenoxy) is 1. The number of rotatable bonds is 3. The summed E-state index contributed by atoms with van der Waals surface area (Å²) in [5.74, 6) is 0.324. The Balaban J connectivity index is 0. The Bertz CT molecular complexity index is 93.1. The summed E-state index contributed by atoms with van der Waals surface area (Å²) in [6.45, 7) is 3.51. The Morgan fingerprint density at radius 1 is 1.78 bits per heavy atom. The molecule has 0 radical (unpaired) electrons. The maximum absolute atomic E-state index is 6.97. The molecular weight excluding hydrogens is 138 g/mol. The smallest absolute Gasteiger partial charge is 0.180 e. The molecule has 0 spiro atoms. The summed E-state index contributed by atoms with van der Waals surface area (Å²) in [7, 11) is 1.51. The van der Waals surface area contributed by atoms with E-state index < -0.39 is 0 Å². The Kier molecular flexibility index (Phi) is 9.43. The quantitative estimate of drug-likeness (QED) is 0.372. The van der Waals surface area contributed by atoms with E-state index >= 15 is 0 Å². The van der Waals surface area contributed by atoms with Crippen LogP contribution in [0.15, 0.2) is 12.7 Å². The molecule has 0 rings (SSSR count). The maximum atomic E-state index is 6.97. The van der Waals surface area contributed by atoms with Crippen LogP contribution in [0.4, 0.5) is 0 Å². The van der Waals surface area contributed by atoms with Gasteiger partial charge in [-0.3, -0.25) is 5.41 Å². The van der Waals surface area contributed by atoms with Crippen LogP contribution < -0.4 is 0 Å². The molecule has 0 heterocycles. The van der Waals surface area contributed by atoms with Crippen LogP contribution in [0.1, 0.15) is 12.8 Å². The molecule has 0 amide bonds. The van der Waals surface area contributed by atoms with Crippen LogP contribution in [0.5, 0.6) is 0 Å². The average molecular weight is 150 g/mol. The summed E-state index contributed by atoms with van der Waals surface area (Å²) in [4.78, 5) is 0. The van der Waals surface area contributed by atoms with E-state index in [9.17, 15) is 0 Å². The van der Waals surface area contributed by atoms with Crippen molar-refractivity contribution in [1.82, 2.24) is 0 Å². The summed E-state index contributed by atoms with van der Waals surface area (Å²) < 4.78 is 4.59. The van der Waals surface area contributed by atoms with Gasteiger partial charge in [-0.1, -0.05) is 6.08 Å². The summed E-state index contributed by atoms with van der Waals surface area (Å²) in [6.07, 6.45) is 3.26. The second-order valence-electron chi connectivity index (χ2n) is 1.45. The molecule has 2 nitrogen and oxygen atoms in total. The Morgan fingerprint density at radius 3 is 2.67 bits per heavy atom. The first-order valence-electron chi connectivity index (χ1n) is 2.53. The zero-order valence-electron chi connectivity index (χ0n) is 5.52. The number of halogens is 1.